The van der Waals surface area contributed by atoms with Crippen molar-refractivity contribution in [2.24, 2.45) is 0 Å². The predicted octanol–water partition coefficient (Wildman–Crippen LogP) is 0.304. The van der Waals surface area contributed by atoms with Crippen LogP contribution in [0.5, 0.6) is 0 Å². The lowest BCUT2D eigenvalue weighted by Gasteiger charge is -2.21. The van der Waals surface area contributed by atoms with Crippen LogP contribution in [-0.4, -0.2) is 46.6 Å². The molecule has 1 aromatic heterocycles. The Morgan fingerprint density at radius 2 is 2.28 bits per heavy atom. The highest BCUT2D eigenvalue weighted by Crippen LogP contribution is 2.03. The molecule has 0 aliphatic carbocycles. The molecule has 1 N–H and O–H groups in total. The van der Waals surface area contributed by atoms with Gasteiger partial charge in [0.15, 0.2) is 0 Å². The predicted molar refractivity (Wildman–Crippen MR) is 63.0 cm³/mol. The van der Waals surface area contributed by atoms with Gasteiger partial charge in [-0.25, -0.2) is 8.78 Å². The molecule has 0 radical (unpaired) electrons. The molecule has 0 spiro atoms. The molecule has 5 nitrogen and oxygen atoms in total. The number of carbonyl (C=O) groups excluding carboxylic acids is 1. The molecule has 0 aromatic carbocycles. The highest BCUT2D eigenvalue weighted by atomic mass is 32.1. The molecule has 0 unspecified atom stereocenters. The van der Waals surface area contributed by atoms with E-state index < -0.39 is 25.5 Å². The number of hydrogen-bond acceptors (Lipinski definition) is 4. The summed E-state index contributed by atoms with van der Waals surface area (Å²) < 4.78 is 25.8. The highest BCUT2D eigenvalue weighted by Gasteiger charge is 2.19. The van der Waals surface area contributed by atoms with Gasteiger partial charge in [0.1, 0.15) is 6.54 Å². The lowest BCUT2D eigenvalue weighted by atomic mass is 10.4. The number of carbonyl (C=O) groups is 1. The Balaban J connectivity index is 2.75. The molecule has 1 heterocycles. The number of rotatable bonds is 6. The number of nitrogens with zero attached hydrogens (tertiary/aromatic N) is 2. The van der Waals surface area contributed by atoms with Crippen LogP contribution in [0, 0.1) is 6.92 Å². The summed E-state index contributed by atoms with van der Waals surface area (Å²) in [6.07, 6.45) is -2.67. The first-order chi connectivity index (χ1) is 8.45. The fraction of sp³-hybridized carbons (Fsp3) is 0.600. The van der Waals surface area contributed by atoms with Crippen molar-refractivity contribution in [1.29, 1.82) is 0 Å². The van der Waals surface area contributed by atoms with Crippen LogP contribution in [0.3, 0.4) is 0 Å². The molecule has 0 fully saturated rings. The van der Waals surface area contributed by atoms with Gasteiger partial charge < -0.3 is 10.0 Å². The summed E-state index contributed by atoms with van der Waals surface area (Å²) >= 11 is 0.951. The SMILES string of the molecule is Cc1csc(=O)n1CC(=O)N(CCO)CC(F)F. The van der Waals surface area contributed by atoms with Crippen LogP contribution in [0.15, 0.2) is 10.2 Å². The number of aromatic nitrogens is 1. The van der Waals surface area contributed by atoms with Gasteiger partial charge in [0.05, 0.1) is 13.2 Å². The summed E-state index contributed by atoms with van der Waals surface area (Å²) in [5, 5.41) is 10.3. The molecule has 0 saturated carbocycles. The van der Waals surface area contributed by atoms with E-state index in [9.17, 15) is 18.4 Å². The molecule has 18 heavy (non-hydrogen) atoms. The van der Waals surface area contributed by atoms with Crippen LogP contribution in [0.25, 0.3) is 0 Å². The van der Waals surface area contributed by atoms with E-state index in [1.807, 2.05) is 0 Å². The summed E-state index contributed by atoms with van der Waals surface area (Å²) in [5.41, 5.74) is 0.611. The molecule has 0 atom stereocenters. The van der Waals surface area contributed by atoms with Crippen LogP contribution in [0.4, 0.5) is 8.78 Å². The van der Waals surface area contributed by atoms with Gasteiger partial charge in [-0.15, -0.1) is 0 Å². The lowest BCUT2D eigenvalue weighted by Crippen LogP contribution is -2.40. The fourth-order valence-electron chi connectivity index (χ4n) is 1.44. The monoisotopic (exact) mass is 280 g/mol. The van der Waals surface area contributed by atoms with E-state index in [-0.39, 0.29) is 18.0 Å². The minimum atomic E-state index is -2.67. The topological polar surface area (TPSA) is 62.5 Å². The van der Waals surface area contributed by atoms with Crippen LogP contribution in [-0.2, 0) is 11.3 Å². The van der Waals surface area contributed by atoms with Crippen molar-refractivity contribution in [3.8, 4) is 0 Å². The second kappa shape index (κ2) is 6.60. The van der Waals surface area contributed by atoms with Crippen molar-refractivity contribution in [3.63, 3.8) is 0 Å². The Morgan fingerprint density at radius 1 is 1.61 bits per heavy atom. The maximum atomic E-state index is 12.3. The fourth-order valence-corrected chi connectivity index (χ4v) is 2.17. The smallest absolute Gasteiger partial charge is 0.307 e. The molecule has 0 saturated heterocycles. The molecule has 0 aliphatic heterocycles. The first-order valence-corrected chi connectivity index (χ1v) is 6.15. The maximum Gasteiger partial charge on any atom is 0.307 e. The molecular weight excluding hydrogens is 266 g/mol. The number of hydrogen-bond donors (Lipinski definition) is 1. The third-order valence-corrected chi connectivity index (χ3v) is 3.23. The van der Waals surface area contributed by atoms with E-state index in [1.54, 1.807) is 12.3 Å². The number of aliphatic hydroxyl groups excluding tert-OH is 1. The summed E-state index contributed by atoms with van der Waals surface area (Å²) in [5.74, 6) is -0.604. The number of thiazole rings is 1. The molecule has 1 amide bonds. The first kappa shape index (κ1) is 14.8. The van der Waals surface area contributed by atoms with Gasteiger partial charge in [-0.2, -0.15) is 0 Å². The van der Waals surface area contributed by atoms with Gasteiger partial charge in [0, 0.05) is 17.6 Å². The van der Waals surface area contributed by atoms with Crippen molar-refractivity contribution >= 4 is 17.2 Å². The Hall–Kier alpha value is -1.28. The molecule has 0 bridgehead atoms. The van der Waals surface area contributed by atoms with Crippen molar-refractivity contribution < 1.29 is 18.7 Å². The van der Waals surface area contributed by atoms with Crippen molar-refractivity contribution in [1.82, 2.24) is 9.47 Å². The third kappa shape index (κ3) is 3.88. The summed E-state index contributed by atoms with van der Waals surface area (Å²) in [7, 11) is 0. The van der Waals surface area contributed by atoms with E-state index in [4.69, 9.17) is 5.11 Å². The lowest BCUT2D eigenvalue weighted by molar-refractivity contribution is -0.134. The van der Waals surface area contributed by atoms with Crippen LogP contribution >= 0.6 is 11.3 Å². The molecular formula is C10H14F2N2O3S. The number of aliphatic hydroxyl groups is 1. The normalized spacial score (nSPS) is 10.9. The zero-order valence-corrected chi connectivity index (χ0v) is 10.6. The summed E-state index contributed by atoms with van der Waals surface area (Å²) in [4.78, 5) is 23.7. The van der Waals surface area contributed by atoms with Crippen molar-refractivity contribution in [2.45, 2.75) is 19.9 Å². The molecule has 1 rings (SSSR count). The third-order valence-electron chi connectivity index (χ3n) is 2.35. The van der Waals surface area contributed by atoms with E-state index in [1.165, 1.54) is 4.57 Å². The minimum absolute atomic E-state index is 0.166. The van der Waals surface area contributed by atoms with Gasteiger partial charge in [0.25, 0.3) is 6.43 Å². The summed E-state index contributed by atoms with van der Waals surface area (Å²) in [6, 6.07) is 0. The zero-order valence-electron chi connectivity index (χ0n) is 9.81. The molecule has 1 aromatic rings. The second-order valence-corrected chi connectivity index (χ2v) is 4.50. The number of alkyl halides is 2. The molecule has 0 aliphatic rings. The Bertz CT molecular complexity index is 458. The van der Waals surface area contributed by atoms with E-state index in [2.05, 4.69) is 0 Å². The number of halogens is 2. The number of amides is 1. The van der Waals surface area contributed by atoms with Crippen molar-refractivity contribution in [3.05, 3.63) is 20.7 Å². The Morgan fingerprint density at radius 3 is 2.72 bits per heavy atom. The average molecular weight is 280 g/mol. The maximum absolute atomic E-state index is 12.3. The molecule has 8 heteroatoms. The van der Waals surface area contributed by atoms with Crippen molar-refractivity contribution in [2.75, 3.05) is 19.7 Å². The Kier molecular flexibility index (Phi) is 5.42. The van der Waals surface area contributed by atoms with Crippen LogP contribution in [0.1, 0.15) is 5.69 Å². The summed E-state index contributed by atoms with van der Waals surface area (Å²) in [6.45, 7) is 0.0873. The Labute approximate surface area is 106 Å². The van der Waals surface area contributed by atoms with Crippen LogP contribution < -0.4 is 4.87 Å². The highest BCUT2D eigenvalue weighted by molar-refractivity contribution is 7.07. The minimum Gasteiger partial charge on any atom is -0.395 e. The van der Waals surface area contributed by atoms with E-state index >= 15 is 0 Å². The van der Waals surface area contributed by atoms with Gasteiger partial charge in [0.2, 0.25) is 5.91 Å². The largest absolute Gasteiger partial charge is 0.395 e. The van der Waals surface area contributed by atoms with Crippen LogP contribution in [0.2, 0.25) is 0 Å². The van der Waals surface area contributed by atoms with Gasteiger partial charge in [-0.1, -0.05) is 11.3 Å². The standard InChI is InChI=1S/C10H14F2N2O3S/c1-7-6-18-10(17)14(7)5-9(16)13(2-3-15)4-8(11)12/h6,8,15H,2-5H2,1H3. The van der Waals surface area contributed by atoms with E-state index in [0.717, 1.165) is 16.2 Å². The van der Waals surface area contributed by atoms with Gasteiger partial charge in [-0.3, -0.25) is 14.2 Å². The van der Waals surface area contributed by atoms with Gasteiger partial charge in [-0.05, 0) is 6.92 Å². The number of aryl methyl sites for hydroxylation is 1. The first-order valence-electron chi connectivity index (χ1n) is 5.27. The van der Waals surface area contributed by atoms with E-state index in [0.29, 0.717) is 5.69 Å². The molecule has 102 valence electrons. The average Bonchev–Trinajstić information content (AvgIpc) is 2.59. The second-order valence-electron chi connectivity index (χ2n) is 3.68. The zero-order chi connectivity index (χ0) is 13.7. The van der Waals surface area contributed by atoms with Gasteiger partial charge >= 0.3 is 4.87 Å². The quantitative estimate of drug-likeness (QED) is 0.815.